The zero-order chi connectivity index (χ0) is 29.9. The Morgan fingerprint density at radius 2 is 2.00 bits per heavy atom. The van der Waals surface area contributed by atoms with E-state index in [4.69, 9.17) is 20.0 Å². The first-order valence-electron chi connectivity index (χ1n) is 12.2. The van der Waals surface area contributed by atoms with Gasteiger partial charge in [-0.15, -0.1) is 34.4 Å². The van der Waals surface area contributed by atoms with Crippen molar-refractivity contribution >= 4 is 75.1 Å². The van der Waals surface area contributed by atoms with Gasteiger partial charge < -0.3 is 25.4 Å². The lowest BCUT2D eigenvalue weighted by molar-refractivity contribution is -0.173. The van der Waals surface area contributed by atoms with E-state index in [1.807, 2.05) is 13.0 Å². The van der Waals surface area contributed by atoms with Gasteiger partial charge in [-0.25, -0.2) is 14.8 Å². The van der Waals surface area contributed by atoms with E-state index in [-0.39, 0.29) is 22.2 Å². The minimum Gasteiger partial charge on any atom is -0.427 e. The van der Waals surface area contributed by atoms with E-state index in [1.54, 1.807) is 37.7 Å². The molecule has 4 heterocycles. The Balaban J connectivity index is 1.55. The predicted molar refractivity (Wildman–Crippen MR) is 155 cm³/mol. The van der Waals surface area contributed by atoms with Crippen molar-refractivity contribution in [3.63, 3.8) is 0 Å². The number of aromatic nitrogens is 2. The number of aryl methyl sites for hydroxylation is 1. The van der Waals surface area contributed by atoms with E-state index in [1.165, 1.54) is 35.1 Å². The number of hydrogen-bond donors (Lipinski definition) is 2. The van der Waals surface area contributed by atoms with Crippen molar-refractivity contribution in [2.75, 3.05) is 25.4 Å². The van der Waals surface area contributed by atoms with Crippen LogP contribution in [-0.4, -0.2) is 75.4 Å². The van der Waals surface area contributed by atoms with Crippen LogP contribution < -0.4 is 11.1 Å². The maximum Gasteiger partial charge on any atom is 0.358 e. The molecule has 4 rings (SSSR count). The fraction of sp³-hybridized carbons (Fsp3) is 0.400. The number of oxime groups is 1. The highest BCUT2D eigenvalue weighted by Crippen LogP contribution is 2.41. The van der Waals surface area contributed by atoms with Gasteiger partial charge in [-0.2, -0.15) is 0 Å². The van der Waals surface area contributed by atoms with Gasteiger partial charge in [0.05, 0.1) is 16.6 Å². The second-order valence-corrected chi connectivity index (χ2v) is 12.7. The van der Waals surface area contributed by atoms with Gasteiger partial charge in [0.25, 0.3) is 11.8 Å². The number of nitrogens with zero attached hydrogens (tertiary/aromatic N) is 4. The van der Waals surface area contributed by atoms with Crippen molar-refractivity contribution in [2.24, 2.45) is 10.6 Å². The molecule has 2 amide bonds. The number of nitrogen functional groups attached to an aromatic ring is 1. The Morgan fingerprint density at radius 3 is 2.61 bits per heavy atom. The van der Waals surface area contributed by atoms with Crippen molar-refractivity contribution in [3.8, 4) is 0 Å². The maximum absolute atomic E-state index is 13.3. The van der Waals surface area contributed by atoms with Crippen LogP contribution in [0, 0.1) is 12.3 Å². The molecule has 2 aromatic heterocycles. The molecule has 0 radical (unpaired) electrons. The summed E-state index contributed by atoms with van der Waals surface area (Å²) in [5.74, 6) is -2.26. The number of carbonyl (C=O) groups is 4. The third-order valence-corrected chi connectivity index (χ3v) is 8.72. The summed E-state index contributed by atoms with van der Waals surface area (Å²) in [6.07, 6.45) is 3.55. The van der Waals surface area contributed by atoms with Crippen LogP contribution in [0.4, 0.5) is 5.13 Å². The first kappa shape index (κ1) is 30.2. The largest absolute Gasteiger partial charge is 0.427 e. The fourth-order valence-electron chi connectivity index (χ4n) is 3.73. The Kier molecular flexibility index (Phi) is 9.14. The van der Waals surface area contributed by atoms with Gasteiger partial charge in [-0.05, 0) is 39.3 Å². The van der Waals surface area contributed by atoms with E-state index in [0.717, 1.165) is 21.9 Å². The molecule has 0 bridgehead atoms. The average molecular weight is 621 g/mol. The van der Waals surface area contributed by atoms with Crippen LogP contribution >= 0.6 is 34.4 Å². The molecule has 1 saturated heterocycles. The van der Waals surface area contributed by atoms with Gasteiger partial charge >= 0.3 is 11.9 Å². The molecule has 2 aliphatic rings. The molecule has 2 atom stereocenters. The van der Waals surface area contributed by atoms with Crippen LogP contribution in [0.15, 0.2) is 33.4 Å². The highest BCUT2D eigenvalue weighted by Gasteiger charge is 2.54. The van der Waals surface area contributed by atoms with Gasteiger partial charge in [0.2, 0.25) is 6.79 Å². The van der Waals surface area contributed by atoms with Crippen LogP contribution in [0.2, 0.25) is 0 Å². The predicted octanol–water partition coefficient (Wildman–Crippen LogP) is 2.30. The molecule has 1 unspecified atom stereocenters. The van der Waals surface area contributed by atoms with Gasteiger partial charge in [0.15, 0.2) is 10.8 Å². The SMILES string of the molecule is CON=C(C(=O)N[C@@H]1C(=O)N2C(C(=O)OCOC(=O)C(C)(C)C)=C(C=Cc3scnc3C)CSC12)c1csc(N)n1. The summed E-state index contributed by atoms with van der Waals surface area (Å²) in [5.41, 5.74) is 8.03. The first-order valence-corrected chi connectivity index (χ1v) is 15.0. The van der Waals surface area contributed by atoms with Crippen molar-refractivity contribution < 1.29 is 33.5 Å². The molecule has 16 heteroatoms. The number of β-lactam (4-membered cyclic amide) rings is 1. The van der Waals surface area contributed by atoms with Crippen molar-refractivity contribution in [2.45, 2.75) is 39.1 Å². The van der Waals surface area contributed by atoms with Crippen molar-refractivity contribution in [1.29, 1.82) is 0 Å². The third-order valence-electron chi connectivity index (χ3n) is 5.85. The zero-order valence-electron chi connectivity index (χ0n) is 22.8. The molecule has 0 spiro atoms. The van der Waals surface area contributed by atoms with Crippen molar-refractivity contribution in [1.82, 2.24) is 20.2 Å². The Bertz CT molecular complexity index is 1460. The van der Waals surface area contributed by atoms with E-state index < -0.39 is 47.4 Å². The third kappa shape index (κ3) is 6.60. The Labute approximate surface area is 247 Å². The molecule has 0 aliphatic carbocycles. The lowest BCUT2D eigenvalue weighted by atomic mass is 9.98. The maximum atomic E-state index is 13.3. The number of rotatable bonds is 9. The van der Waals surface area contributed by atoms with Crippen LogP contribution in [0.25, 0.3) is 6.08 Å². The summed E-state index contributed by atoms with van der Waals surface area (Å²) in [4.78, 5) is 67.0. The quantitative estimate of drug-likeness (QED) is 0.138. The normalized spacial score (nSPS) is 19.1. The van der Waals surface area contributed by atoms with Gasteiger partial charge in [0, 0.05) is 16.0 Å². The van der Waals surface area contributed by atoms with Crippen LogP contribution in [-0.2, 0) is 33.5 Å². The number of allylic oxidation sites excluding steroid dienone is 1. The summed E-state index contributed by atoms with van der Waals surface area (Å²) in [6, 6.07) is -0.957. The fourth-order valence-corrected chi connectivity index (χ4v) is 6.29. The highest BCUT2D eigenvalue weighted by molar-refractivity contribution is 8.00. The zero-order valence-corrected chi connectivity index (χ0v) is 25.3. The van der Waals surface area contributed by atoms with E-state index in [2.05, 4.69) is 20.4 Å². The molecular weight excluding hydrogens is 593 g/mol. The monoisotopic (exact) mass is 620 g/mol. The van der Waals surface area contributed by atoms with E-state index in [9.17, 15) is 19.2 Å². The number of nitrogens with two attached hydrogens (primary N) is 1. The summed E-state index contributed by atoms with van der Waals surface area (Å²) >= 11 is 3.92. The molecule has 0 aromatic carbocycles. The molecule has 3 N–H and O–H groups in total. The minimum absolute atomic E-state index is 0.00697. The lowest BCUT2D eigenvalue weighted by Crippen LogP contribution is -2.71. The first-order chi connectivity index (χ1) is 19.4. The molecule has 2 aliphatic heterocycles. The number of ether oxygens (including phenoxy) is 2. The number of amides is 2. The Hall–Kier alpha value is -3.76. The molecule has 0 saturated carbocycles. The van der Waals surface area contributed by atoms with E-state index in [0.29, 0.717) is 11.3 Å². The van der Waals surface area contributed by atoms with Crippen LogP contribution in [0.5, 0.6) is 0 Å². The van der Waals surface area contributed by atoms with Crippen molar-refractivity contribution in [3.05, 3.63) is 44.5 Å². The number of anilines is 1. The number of thioether (sulfide) groups is 1. The number of fused-ring (bicyclic) bond motifs is 1. The molecular formula is C25H28N6O7S3. The van der Waals surface area contributed by atoms with E-state index >= 15 is 0 Å². The highest BCUT2D eigenvalue weighted by atomic mass is 32.2. The number of carbonyl (C=O) groups excluding carboxylic acids is 4. The molecule has 41 heavy (non-hydrogen) atoms. The summed E-state index contributed by atoms with van der Waals surface area (Å²) < 4.78 is 10.3. The second kappa shape index (κ2) is 12.4. The Morgan fingerprint density at radius 1 is 1.24 bits per heavy atom. The van der Waals surface area contributed by atoms with Gasteiger partial charge in [0.1, 0.15) is 29.9 Å². The van der Waals surface area contributed by atoms with Gasteiger partial charge in [-0.1, -0.05) is 11.2 Å². The van der Waals surface area contributed by atoms with Crippen LogP contribution in [0.1, 0.15) is 37.0 Å². The smallest absolute Gasteiger partial charge is 0.358 e. The summed E-state index contributed by atoms with van der Waals surface area (Å²) in [7, 11) is 1.28. The summed E-state index contributed by atoms with van der Waals surface area (Å²) in [5, 5.41) is 7.59. The lowest BCUT2D eigenvalue weighted by Gasteiger charge is -2.49. The van der Waals surface area contributed by atoms with Gasteiger partial charge in [-0.3, -0.25) is 19.3 Å². The number of thiazole rings is 2. The molecule has 13 nitrogen and oxygen atoms in total. The summed E-state index contributed by atoms with van der Waals surface area (Å²) in [6.45, 7) is 6.27. The minimum atomic E-state index is -0.957. The number of hydrogen-bond acceptors (Lipinski definition) is 14. The number of nitrogens with one attached hydrogen (secondary N) is 1. The molecule has 2 aromatic rings. The molecule has 218 valence electrons. The average Bonchev–Trinajstić information content (AvgIpc) is 3.54. The second-order valence-electron chi connectivity index (χ2n) is 9.80. The van der Waals surface area contributed by atoms with Crippen LogP contribution in [0.3, 0.4) is 0 Å². The standard InChI is InChI=1S/C25H28N6O7S3/c1-12-15(41-10-27-12)7-6-13-8-39-21-17(29-19(32)16(30-36-5)14-9-40-24(26)28-14)20(33)31(21)18(13)22(34)37-11-38-23(35)25(2,3)4/h6-7,9-10,17,21H,8,11H2,1-5H3,(H2,26,28)(H,29,32)/t17-,21?/m1/s1. The topological polar surface area (TPSA) is 175 Å². The number of esters is 2. The molecule has 1 fully saturated rings.